The molecule has 0 spiro atoms. The first-order valence-corrected chi connectivity index (χ1v) is 3.91. The van der Waals surface area contributed by atoms with Gasteiger partial charge >= 0.3 is 45.5 Å². The van der Waals surface area contributed by atoms with Crippen molar-refractivity contribution < 1.29 is 9.59 Å². The molecule has 0 bridgehead atoms. The maximum atomic E-state index is 9.70. The molecule has 0 aromatic carbocycles. The monoisotopic (exact) mass is 258 g/mol. The van der Waals surface area contributed by atoms with Crippen LogP contribution in [-0.2, 0) is 9.59 Å². The largest absolute Gasteiger partial charge is 2.00 e. The van der Waals surface area contributed by atoms with E-state index < -0.39 is 0 Å². The molecular weight excluding hydrogens is 240 g/mol. The molecule has 0 heterocycles. The summed E-state index contributed by atoms with van der Waals surface area (Å²) in [6, 6.07) is 0. The Bertz CT molecular complexity index is 122. The third-order valence-corrected chi connectivity index (χ3v) is 0.612. The van der Waals surface area contributed by atoms with Crippen molar-refractivity contribution in [3.8, 4) is 0 Å². The molecule has 0 saturated heterocycles. The molecule has 0 rings (SSSR count). The van der Waals surface area contributed by atoms with Gasteiger partial charge in [0.2, 0.25) is 0 Å². The van der Waals surface area contributed by atoms with Crippen LogP contribution in [0.5, 0.6) is 0 Å². The Morgan fingerprint density at radius 3 is 0.769 bits per heavy atom. The first-order chi connectivity index (χ1) is 5.12. The molecular formula is C10H18O2Sr. The predicted molar refractivity (Wildman–Crippen MR) is 56.1 cm³/mol. The van der Waals surface area contributed by atoms with Gasteiger partial charge in [-0.15, -0.1) is 10.8 Å². The van der Waals surface area contributed by atoms with E-state index in [2.05, 4.69) is 0 Å². The number of carbonyl (C=O) groups excluding carboxylic acids is 2. The standard InChI is InChI=1S/2C5H9O.Sr/c2*1-5(2,3)4-6;/h2*1-3H3;/q2*-1;+2. The number of hydrogen-bond donors (Lipinski definition) is 0. The molecule has 0 aliphatic rings. The molecule has 0 aromatic heterocycles. The van der Waals surface area contributed by atoms with E-state index in [1.54, 1.807) is 0 Å². The van der Waals surface area contributed by atoms with Crippen molar-refractivity contribution in [2.45, 2.75) is 41.5 Å². The maximum absolute atomic E-state index is 9.70. The average molecular weight is 258 g/mol. The topological polar surface area (TPSA) is 34.1 Å². The molecule has 72 valence electrons. The zero-order chi connectivity index (χ0) is 10.4. The molecule has 0 radical (unpaired) electrons. The summed E-state index contributed by atoms with van der Waals surface area (Å²) in [5, 5.41) is 0. The van der Waals surface area contributed by atoms with Crippen molar-refractivity contribution >= 4 is 58.1 Å². The third kappa shape index (κ3) is 32.3. The molecule has 0 aliphatic carbocycles. The summed E-state index contributed by atoms with van der Waals surface area (Å²) >= 11 is 0. The second-order valence-corrected chi connectivity index (χ2v) is 4.70. The van der Waals surface area contributed by atoms with Gasteiger partial charge < -0.3 is 9.59 Å². The molecule has 0 unspecified atom stereocenters. The summed E-state index contributed by atoms with van der Waals surface area (Å²) < 4.78 is 0. The van der Waals surface area contributed by atoms with Crippen LogP contribution in [0.4, 0.5) is 0 Å². The zero-order valence-electron chi connectivity index (χ0n) is 9.52. The fourth-order valence-corrected chi connectivity index (χ4v) is 0. The fourth-order valence-electron chi connectivity index (χ4n) is 0. The average Bonchev–Trinajstić information content (AvgIpc) is 1.86. The van der Waals surface area contributed by atoms with Gasteiger partial charge in [-0.3, -0.25) is 12.6 Å². The van der Waals surface area contributed by atoms with E-state index in [1.165, 1.54) is 0 Å². The Balaban J connectivity index is -0.000000143. The minimum atomic E-state index is -0.264. The number of hydrogen-bond acceptors (Lipinski definition) is 2. The van der Waals surface area contributed by atoms with Gasteiger partial charge in [0, 0.05) is 0 Å². The predicted octanol–water partition coefficient (Wildman–Crippen LogP) is 1.90. The Labute approximate surface area is 119 Å². The minimum absolute atomic E-state index is 0. The van der Waals surface area contributed by atoms with Crippen LogP contribution in [0.2, 0.25) is 0 Å². The molecule has 3 heteroatoms. The van der Waals surface area contributed by atoms with Gasteiger partial charge in [0.15, 0.2) is 0 Å². The van der Waals surface area contributed by atoms with Gasteiger partial charge in [0.1, 0.15) is 0 Å². The van der Waals surface area contributed by atoms with E-state index in [-0.39, 0.29) is 56.3 Å². The quantitative estimate of drug-likeness (QED) is 0.491. The van der Waals surface area contributed by atoms with Crippen LogP contribution in [0.3, 0.4) is 0 Å². The van der Waals surface area contributed by atoms with E-state index in [1.807, 2.05) is 54.1 Å². The molecule has 0 amide bonds. The maximum Gasteiger partial charge on any atom is 2.00 e. The van der Waals surface area contributed by atoms with Crippen LogP contribution in [0, 0.1) is 10.8 Å². The van der Waals surface area contributed by atoms with Crippen LogP contribution >= 0.6 is 0 Å². The van der Waals surface area contributed by atoms with E-state index in [9.17, 15) is 9.59 Å². The summed E-state index contributed by atoms with van der Waals surface area (Å²) in [6.45, 7) is 10.9. The SMILES string of the molecule is CC(C)(C)[C-]=O.CC(C)(C)[C-]=O.[Sr+2]. The second-order valence-electron chi connectivity index (χ2n) is 4.70. The molecule has 0 aliphatic heterocycles. The molecule has 0 fully saturated rings. The Kier molecular flexibility index (Phi) is 12.2. The van der Waals surface area contributed by atoms with Gasteiger partial charge in [-0.1, -0.05) is 41.5 Å². The summed E-state index contributed by atoms with van der Waals surface area (Å²) in [6.07, 6.45) is 3.71. The van der Waals surface area contributed by atoms with Crippen molar-refractivity contribution in [1.29, 1.82) is 0 Å². The summed E-state index contributed by atoms with van der Waals surface area (Å²) in [5.41, 5.74) is -0.528. The Morgan fingerprint density at radius 1 is 0.692 bits per heavy atom. The van der Waals surface area contributed by atoms with E-state index >= 15 is 0 Å². The van der Waals surface area contributed by atoms with Crippen LogP contribution in [0.1, 0.15) is 41.5 Å². The van der Waals surface area contributed by atoms with Crippen LogP contribution in [0.25, 0.3) is 0 Å². The van der Waals surface area contributed by atoms with Crippen LogP contribution < -0.4 is 0 Å². The smallest absolute Gasteiger partial charge is 0.541 e. The third-order valence-electron chi connectivity index (χ3n) is 0.612. The van der Waals surface area contributed by atoms with Gasteiger partial charge in [0.05, 0.1) is 0 Å². The fraction of sp³-hybridized carbons (Fsp3) is 0.800. The van der Waals surface area contributed by atoms with Crippen molar-refractivity contribution in [3.63, 3.8) is 0 Å². The molecule has 0 N–H and O–H groups in total. The Morgan fingerprint density at radius 2 is 0.769 bits per heavy atom. The van der Waals surface area contributed by atoms with Crippen LogP contribution in [-0.4, -0.2) is 58.1 Å². The van der Waals surface area contributed by atoms with Gasteiger partial charge in [-0.05, 0) is 0 Å². The first-order valence-electron chi connectivity index (χ1n) is 3.91. The van der Waals surface area contributed by atoms with Crippen LogP contribution in [0.15, 0.2) is 0 Å². The van der Waals surface area contributed by atoms with Gasteiger partial charge in [-0.2, -0.15) is 0 Å². The van der Waals surface area contributed by atoms with Crippen molar-refractivity contribution in [1.82, 2.24) is 0 Å². The van der Waals surface area contributed by atoms with E-state index in [4.69, 9.17) is 0 Å². The normalized spacial score (nSPS) is 10.3. The van der Waals surface area contributed by atoms with Crippen molar-refractivity contribution in [2.24, 2.45) is 10.8 Å². The molecule has 0 aromatic rings. The molecule has 2 nitrogen and oxygen atoms in total. The summed E-state index contributed by atoms with van der Waals surface area (Å²) in [5.74, 6) is 0. The molecule has 0 saturated carbocycles. The van der Waals surface area contributed by atoms with Gasteiger partial charge in [0.25, 0.3) is 0 Å². The summed E-state index contributed by atoms with van der Waals surface area (Å²) in [4.78, 5) is 19.4. The van der Waals surface area contributed by atoms with Crippen molar-refractivity contribution in [2.75, 3.05) is 0 Å². The summed E-state index contributed by atoms with van der Waals surface area (Å²) in [7, 11) is 0. The first kappa shape index (κ1) is 19.4. The molecule has 13 heavy (non-hydrogen) atoms. The Hall–Kier alpha value is 0.821. The molecule has 0 atom stereocenters. The van der Waals surface area contributed by atoms with Gasteiger partial charge in [-0.25, -0.2) is 0 Å². The second kappa shape index (κ2) is 8.16. The van der Waals surface area contributed by atoms with E-state index in [0.29, 0.717) is 0 Å². The number of rotatable bonds is 0. The van der Waals surface area contributed by atoms with E-state index in [0.717, 1.165) is 0 Å². The minimum Gasteiger partial charge on any atom is -0.541 e. The zero-order valence-corrected chi connectivity index (χ0v) is 13.0. The van der Waals surface area contributed by atoms with Crippen molar-refractivity contribution in [3.05, 3.63) is 0 Å².